The summed E-state index contributed by atoms with van der Waals surface area (Å²) in [6.45, 7) is 2.64. The number of methoxy groups -OCH3 is 1. The fourth-order valence-corrected chi connectivity index (χ4v) is 4.79. The highest BCUT2D eigenvalue weighted by molar-refractivity contribution is 5.91. The van der Waals surface area contributed by atoms with Gasteiger partial charge < -0.3 is 29.5 Å². The molecule has 36 heavy (non-hydrogen) atoms. The molecular formula is C25H30F3N3O5. The summed E-state index contributed by atoms with van der Waals surface area (Å²) in [4.78, 5) is 16.8. The van der Waals surface area contributed by atoms with E-state index in [-0.39, 0.29) is 30.7 Å². The molecule has 2 aromatic rings. The number of halogens is 3. The number of ether oxygens (including phenoxy) is 3. The van der Waals surface area contributed by atoms with Gasteiger partial charge in [-0.3, -0.25) is 9.69 Å². The minimum absolute atomic E-state index is 0.119. The van der Waals surface area contributed by atoms with Crippen LogP contribution in [0.25, 0.3) is 0 Å². The number of carbonyl (C=O) groups is 1. The summed E-state index contributed by atoms with van der Waals surface area (Å²) in [5, 5.41) is 12.9. The lowest BCUT2D eigenvalue weighted by Gasteiger charge is -2.43. The van der Waals surface area contributed by atoms with Crippen LogP contribution in [0.5, 0.6) is 11.5 Å². The Morgan fingerprint density at radius 3 is 2.64 bits per heavy atom. The van der Waals surface area contributed by atoms with Gasteiger partial charge in [0.25, 0.3) is 0 Å². The van der Waals surface area contributed by atoms with E-state index in [0.29, 0.717) is 44.2 Å². The highest BCUT2D eigenvalue weighted by Crippen LogP contribution is 2.34. The molecule has 1 amide bonds. The Bertz CT molecular complexity index is 1040. The van der Waals surface area contributed by atoms with Crippen LogP contribution < -0.4 is 19.7 Å². The lowest BCUT2D eigenvalue weighted by molar-refractivity contribution is -0.274. The number of aliphatic hydroxyl groups is 1. The number of hydrogen-bond acceptors (Lipinski definition) is 7. The molecule has 2 atom stereocenters. The highest BCUT2D eigenvalue weighted by atomic mass is 19.4. The summed E-state index contributed by atoms with van der Waals surface area (Å²) in [7, 11) is 1.55. The van der Waals surface area contributed by atoms with Crippen LogP contribution in [0.1, 0.15) is 12.8 Å². The Morgan fingerprint density at radius 2 is 1.94 bits per heavy atom. The maximum Gasteiger partial charge on any atom is 0.573 e. The minimum atomic E-state index is -4.73. The van der Waals surface area contributed by atoms with E-state index in [0.717, 1.165) is 12.1 Å². The van der Waals surface area contributed by atoms with Crippen LogP contribution in [0.4, 0.5) is 24.5 Å². The number of nitrogens with one attached hydrogen (secondary N) is 1. The molecule has 2 heterocycles. The van der Waals surface area contributed by atoms with Crippen molar-refractivity contribution in [1.82, 2.24) is 4.90 Å². The zero-order valence-electron chi connectivity index (χ0n) is 20.0. The van der Waals surface area contributed by atoms with Crippen LogP contribution in [0.2, 0.25) is 0 Å². The molecule has 2 aromatic carbocycles. The van der Waals surface area contributed by atoms with E-state index in [4.69, 9.17) is 9.47 Å². The fourth-order valence-electron chi connectivity index (χ4n) is 4.79. The molecular weight excluding hydrogens is 479 g/mol. The lowest BCUT2D eigenvalue weighted by Crippen LogP contribution is -2.57. The molecule has 196 valence electrons. The third-order valence-electron chi connectivity index (χ3n) is 6.53. The van der Waals surface area contributed by atoms with Gasteiger partial charge in [0.1, 0.15) is 11.5 Å². The van der Waals surface area contributed by atoms with Gasteiger partial charge in [-0.2, -0.15) is 0 Å². The van der Waals surface area contributed by atoms with E-state index >= 15 is 0 Å². The first-order valence-corrected chi connectivity index (χ1v) is 11.7. The third-order valence-corrected chi connectivity index (χ3v) is 6.53. The molecule has 0 aromatic heterocycles. The second kappa shape index (κ2) is 10.9. The van der Waals surface area contributed by atoms with Gasteiger partial charge in [0.2, 0.25) is 5.91 Å². The molecule has 2 saturated heterocycles. The van der Waals surface area contributed by atoms with Crippen LogP contribution in [-0.4, -0.2) is 80.4 Å². The summed E-state index contributed by atoms with van der Waals surface area (Å²) in [5.74, 6) is 0.158. The van der Waals surface area contributed by atoms with E-state index in [1.54, 1.807) is 43.5 Å². The number of aliphatic hydroxyl groups excluding tert-OH is 1. The first-order chi connectivity index (χ1) is 17.2. The van der Waals surface area contributed by atoms with E-state index in [2.05, 4.69) is 19.9 Å². The number of nitrogens with zero attached hydrogens (tertiary/aromatic N) is 2. The standard InChI is InChI=1S/C25H30F3N3O5/c1-34-22-4-2-3-18(13-22)29-23(33)14-20(15-32)31-11-12-35-24(17-31)9-10-30(16-24)19-5-7-21(8-6-19)36-25(26,27)28/h2-8,13,20,32H,9-12,14-17H2,1H3,(H,29,33). The molecule has 2 unspecified atom stereocenters. The SMILES string of the molecule is COc1cccc(NC(=O)CC(CO)N2CCOC3(CCN(c4ccc(OC(F)(F)F)cc4)C3)C2)c1. The molecule has 0 radical (unpaired) electrons. The molecule has 1 spiro atoms. The Hall–Kier alpha value is -3.02. The summed E-state index contributed by atoms with van der Waals surface area (Å²) in [6, 6.07) is 12.5. The summed E-state index contributed by atoms with van der Waals surface area (Å²) < 4.78 is 52.6. The van der Waals surface area contributed by atoms with E-state index in [1.165, 1.54) is 12.1 Å². The Labute approximate surface area is 207 Å². The molecule has 11 heteroatoms. The topological polar surface area (TPSA) is 83.5 Å². The predicted molar refractivity (Wildman–Crippen MR) is 127 cm³/mol. The van der Waals surface area contributed by atoms with E-state index < -0.39 is 12.0 Å². The van der Waals surface area contributed by atoms with Crippen molar-refractivity contribution in [2.45, 2.75) is 30.8 Å². The summed E-state index contributed by atoms with van der Waals surface area (Å²) in [5.41, 5.74) is 0.905. The van der Waals surface area contributed by atoms with Crippen molar-refractivity contribution < 1.29 is 37.3 Å². The number of alkyl halides is 3. The van der Waals surface area contributed by atoms with Crippen molar-refractivity contribution in [2.75, 3.05) is 56.7 Å². The lowest BCUT2D eigenvalue weighted by atomic mass is 9.98. The van der Waals surface area contributed by atoms with Crippen LogP contribution in [-0.2, 0) is 9.53 Å². The molecule has 2 aliphatic heterocycles. The molecule has 0 saturated carbocycles. The quantitative estimate of drug-likeness (QED) is 0.565. The number of rotatable bonds is 8. The fraction of sp³-hybridized carbons (Fsp3) is 0.480. The van der Waals surface area contributed by atoms with Gasteiger partial charge >= 0.3 is 6.36 Å². The molecule has 4 rings (SSSR count). The van der Waals surface area contributed by atoms with Crippen LogP contribution in [0.3, 0.4) is 0 Å². The van der Waals surface area contributed by atoms with Gasteiger partial charge in [-0.1, -0.05) is 6.07 Å². The van der Waals surface area contributed by atoms with Gasteiger partial charge in [-0.15, -0.1) is 13.2 Å². The molecule has 2 N–H and O–H groups in total. The molecule has 2 aliphatic rings. The van der Waals surface area contributed by atoms with Gasteiger partial charge in [0, 0.05) is 56.1 Å². The smallest absolute Gasteiger partial charge is 0.497 e. The van der Waals surface area contributed by atoms with Crippen molar-refractivity contribution in [3.05, 3.63) is 48.5 Å². The number of carbonyl (C=O) groups excluding carboxylic acids is 1. The van der Waals surface area contributed by atoms with Crippen LogP contribution in [0.15, 0.2) is 48.5 Å². The zero-order chi connectivity index (χ0) is 25.8. The summed E-state index contributed by atoms with van der Waals surface area (Å²) >= 11 is 0. The second-order valence-electron chi connectivity index (χ2n) is 9.04. The van der Waals surface area contributed by atoms with E-state index in [1.807, 2.05) is 0 Å². The second-order valence-corrected chi connectivity index (χ2v) is 9.04. The van der Waals surface area contributed by atoms with Gasteiger partial charge in [-0.25, -0.2) is 0 Å². The zero-order valence-corrected chi connectivity index (χ0v) is 20.0. The largest absolute Gasteiger partial charge is 0.573 e. The minimum Gasteiger partial charge on any atom is -0.497 e. The Kier molecular flexibility index (Phi) is 7.91. The average Bonchev–Trinajstić information content (AvgIpc) is 3.25. The maximum atomic E-state index is 12.7. The number of anilines is 2. The third kappa shape index (κ3) is 6.59. The molecule has 2 fully saturated rings. The van der Waals surface area contributed by atoms with Gasteiger partial charge in [0.15, 0.2) is 0 Å². The van der Waals surface area contributed by atoms with Crippen molar-refractivity contribution in [1.29, 1.82) is 0 Å². The Balaban J connectivity index is 1.35. The number of morpholine rings is 1. The van der Waals surface area contributed by atoms with Crippen LogP contribution in [0, 0.1) is 0 Å². The normalized spacial score (nSPS) is 21.4. The molecule has 0 bridgehead atoms. The number of hydrogen-bond donors (Lipinski definition) is 2. The monoisotopic (exact) mass is 509 g/mol. The van der Waals surface area contributed by atoms with Crippen LogP contribution >= 0.6 is 0 Å². The van der Waals surface area contributed by atoms with Crippen molar-refractivity contribution in [2.24, 2.45) is 0 Å². The average molecular weight is 510 g/mol. The first-order valence-electron chi connectivity index (χ1n) is 11.7. The molecule has 0 aliphatic carbocycles. The summed E-state index contributed by atoms with van der Waals surface area (Å²) in [6.07, 6.45) is -3.89. The van der Waals surface area contributed by atoms with Crippen molar-refractivity contribution in [3.63, 3.8) is 0 Å². The van der Waals surface area contributed by atoms with Gasteiger partial charge in [0.05, 0.1) is 25.9 Å². The van der Waals surface area contributed by atoms with E-state index in [9.17, 15) is 23.1 Å². The first kappa shape index (κ1) is 26.1. The predicted octanol–water partition coefficient (Wildman–Crippen LogP) is 3.26. The van der Waals surface area contributed by atoms with Crippen molar-refractivity contribution in [3.8, 4) is 11.5 Å². The number of amides is 1. The number of benzene rings is 2. The van der Waals surface area contributed by atoms with Gasteiger partial charge in [-0.05, 0) is 42.8 Å². The molecule has 8 nitrogen and oxygen atoms in total. The van der Waals surface area contributed by atoms with Crippen molar-refractivity contribution >= 4 is 17.3 Å². The maximum absolute atomic E-state index is 12.7. The Morgan fingerprint density at radius 1 is 1.17 bits per heavy atom. The highest BCUT2D eigenvalue weighted by Gasteiger charge is 2.44.